The fraction of sp³-hybridized carbons (Fsp3) is 0.714. The molecule has 1 aromatic heterocycles. The third-order valence-corrected chi connectivity index (χ3v) is 4.04. The number of hydrogen-bond donors (Lipinski definition) is 2. The predicted octanol–water partition coefficient (Wildman–Crippen LogP) is 2.75. The van der Waals surface area contributed by atoms with Gasteiger partial charge in [-0.05, 0) is 31.7 Å². The number of nitrogens with one attached hydrogen (secondary N) is 1. The van der Waals surface area contributed by atoms with Crippen LogP contribution in [-0.4, -0.2) is 27.4 Å². The van der Waals surface area contributed by atoms with Crippen LogP contribution in [-0.2, 0) is 18.4 Å². The van der Waals surface area contributed by atoms with E-state index in [1.165, 1.54) is 0 Å². The smallest absolute Gasteiger partial charge is 0.303 e. The zero-order valence-corrected chi connectivity index (χ0v) is 13.4. The molecule has 2 N–H and O–H groups in total. The fourth-order valence-electron chi connectivity index (χ4n) is 2.08. The maximum Gasteiger partial charge on any atom is 0.303 e. The van der Waals surface area contributed by atoms with Gasteiger partial charge in [-0.3, -0.25) is 9.48 Å². The summed E-state index contributed by atoms with van der Waals surface area (Å²) < 4.78 is 1.79. The van der Waals surface area contributed by atoms with Gasteiger partial charge in [-0.1, -0.05) is 25.4 Å². The van der Waals surface area contributed by atoms with E-state index in [-0.39, 0.29) is 11.8 Å². The van der Waals surface area contributed by atoms with E-state index in [9.17, 15) is 4.79 Å². The summed E-state index contributed by atoms with van der Waals surface area (Å²) in [6.45, 7) is 7.58. The average molecular weight is 302 g/mol. The van der Waals surface area contributed by atoms with Gasteiger partial charge in [0, 0.05) is 20.0 Å². The summed E-state index contributed by atoms with van der Waals surface area (Å²) in [6.07, 6.45) is 1.84. The molecule has 0 radical (unpaired) electrons. The van der Waals surface area contributed by atoms with Gasteiger partial charge in [0.1, 0.15) is 0 Å². The molecule has 20 heavy (non-hydrogen) atoms. The molecule has 1 heterocycles. The minimum absolute atomic E-state index is 0.0254. The van der Waals surface area contributed by atoms with Crippen molar-refractivity contribution in [3.63, 3.8) is 0 Å². The molecule has 0 amide bonds. The van der Waals surface area contributed by atoms with Crippen LogP contribution < -0.4 is 5.32 Å². The SMILES string of the molecule is Cc1nn(C)c(CNCCC(C)(C)CCC(=O)O)c1Cl. The summed E-state index contributed by atoms with van der Waals surface area (Å²) in [7, 11) is 1.88. The molecule has 114 valence electrons. The standard InChI is InChI=1S/C14H24ClN3O2/c1-10-13(15)11(18(4)17-10)9-16-8-7-14(2,3)6-5-12(19)20/h16H,5-9H2,1-4H3,(H,19,20). The summed E-state index contributed by atoms with van der Waals surface area (Å²) in [6, 6.07) is 0. The first-order valence-corrected chi connectivity index (χ1v) is 7.21. The van der Waals surface area contributed by atoms with Crippen molar-refractivity contribution in [3.05, 3.63) is 16.4 Å². The predicted molar refractivity (Wildman–Crippen MR) is 79.9 cm³/mol. The molecular weight excluding hydrogens is 278 g/mol. The molecule has 1 aromatic rings. The van der Waals surface area contributed by atoms with Crippen LogP contribution in [0.1, 0.15) is 44.5 Å². The third kappa shape index (κ3) is 5.13. The molecule has 0 aliphatic heterocycles. The van der Waals surface area contributed by atoms with Crippen molar-refractivity contribution in [1.82, 2.24) is 15.1 Å². The van der Waals surface area contributed by atoms with E-state index < -0.39 is 5.97 Å². The third-order valence-electron chi connectivity index (χ3n) is 3.55. The van der Waals surface area contributed by atoms with Crippen molar-refractivity contribution in [2.75, 3.05) is 6.54 Å². The lowest BCUT2D eigenvalue weighted by atomic mass is 9.84. The lowest BCUT2D eigenvalue weighted by Gasteiger charge is -2.23. The fourth-order valence-corrected chi connectivity index (χ4v) is 2.30. The minimum atomic E-state index is -0.733. The number of rotatable bonds is 8. The Hall–Kier alpha value is -1.07. The number of nitrogens with zero attached hydrogens (tertiary/aromatic N) is 2. The van der Waals surface area contributed by atoms with Gasteiger partial charge in [0.2, 0.25) is 0 Å². The Morgan fingerprint density at radius 2 is 2.10 bits per heavy atom. The highest BCUT2D eigenvalue weighted by Crippen LogP contribution is 2.26. The molecule has 0 saturated carbocycles. The maximum atomic E-state index is 10.6. The van der Waals surface area contributed by atoms with Gasteiger partial charge in [0.15, 0.2) is 0 Å². The van der Waals surface area contributed by atoms with E-state index in [1.807, 2.05) is 14.0 Å². The van der Waals surface area contributed by atoms with Crippen LogP contribution in [0.5, 0.6) is 0 Å². The normalized spacial score (nSPS) is 11.8. The molecule has 0 aliphatic rings. The lowest BCUT2D eigenvalue weighted by molar-refractivity contribution is -0.137. The van der Waals surface area contributed by atoms with Gasteiger partial charge in [-0.15, -0.1) is 0 Å². The van der Waals surface area contributed by atoms with Crippen LogP contribution in [0.25, 0.3) is 0 Å². The van der Waals surface area contributed by atoms with Gasteiger partial charge >= 0.3 is 5.97 Å². The number of aryl methyl sites for hydroxylation is 2. The van der Waals surface area contributed by atoms with Crippen molar-refractivity contribution in [2.24, 2.45) is 12.5 Å². The Morgan fingerprint density at radius 3 is 2.60 bits per heavy atom. The van der Waals surface area contributed by atoms with Crippen molar-refractivity contribution < 1.29 is 9.90 Å². The van der Waals surface area contributed by atoms with E-state index in [0.717, 1.165) is 24.4 Å². The van der Waals surface area contributed by atoms with Gasteiger partial charge in [0.25, 0.3) is 0 Å². The summed E-state index contributed by atoms with van der Waals surface area (Å²) in [5.74, 6) is -0.733. The number of aliphatic carboxylic acids is 1. The second-order valence-electron chi connectivity index (χ2n) is 5.95. The quantitative estimate of drug-likeness (QED) is 0.725. The highest BCUT2D eigenvalue weighted by Gasteiger charge is 2.19. The Bertz CT molecular complexity index is 469. The molecule has 0 atom stereocenters. The number of hydrogen-bond acceptors (Lipinski definition) is 3. The number of carboxylic acid groups (broad SMARTS) is 1. The van der Waals surface area contributed by atoms with E-state index in [0.29, 0.717) is 18.0 Å². The Morgan fingerprint density at radius 1 is 1.45 bits per heavy atom. The second-order valence-corrected chi connectivity index (χ2v) is 6.33. The largest absolute Gasteiger partial charge is 0.481 e. The topological polar surface area (TPSA) is 67.2 Å². The summed E-state index contributed by atoms with van der Waals surface area (Å²) in [4.78, 5) is 10.6. The van der Waals surface area contributed by atoms with E-state index in [2.05, 4.69) is 24.3 Å². The highest BCUT2D eigenvalue weighted by atomic mass is 35.5. The first-order valence-electron chi connectivity index (χ1n) is 6.83. The van der Waals surface area contributed by atoms with Crippen molar-refractivity contribution in [1.29, 1.82) is 0 Å². The molecule has 0 spiro atoms. The van der Waals surface area contributed by atoms with Gasteiger partial charge in [-0.2, -0.15) is 5.10 Å². The van der Waals surface area contributed by atoms with Crippen LogP contribution in [0, 0.1) is 12.3 Å². The van der Waals surface area contributed by atoms with Crippen LogP contribution in [0.15, 0.2) is 0 Å². The Balaban J connectivity index is 2.36. The molecule has 0 fully saturated rings. The zero-order chi connectivity index (χ0) is 15.3. The zero-order valence-electron chi connectivity index (χ0n) is 12.7. The Kier molecular flexibility index (Phi) is 6.02. The number of carboxylic acids is 1. The van der Waals surface area contributed by atoms with Crippen molar-refractivity contribution >= 4 is 17.6 Å². The molecule has 0 saturated heterocycles. The summed E-state index contributed by atoms with van der Waals surface area (Å²) in [5, 5.41) is 17.0. The molecule has 6 heteroatoms. The second kappa shape index (κ2) is 7.09. The Labute approximate surface area is 125 Å². The molecule has 0 bridgehead atoms. The molecule has 0 unspecified atom stereocenters. The van der Waals surface area contributed by atoms with Gasteiger partial charge in [-0.25, -0.2) is 0 Å². The first kappa shape index (κ1) is 17.0. The summed E-state index contributed by atoms with van der Waals surface area (Å²) >= 11 is 6.18. The molecule has 0 aliphatic carbocycles. The lowest BCUT2D eigenvalue weighted by Crippen LogP contribution is -2.23. The summed E-state index contributed by atoms with van der Waals surface area (Å²) in [5.41, 5.74) is 1.85. The van der Waals surface area contributed by atoms with Crippen LogP contribution in [0.2, 0.25) is 5.02 Å². The molecular formula is C14H24ClN3O2. The van der Waals surface area contributed by atoms with Crippen LogP contribution in [0.4, 0.5) is 0 Å². The molecule has 1 rings (SSSR count). The molecule has 0 aromatic carbocycles. The highest BCUT2D eigenvalue weighted by molar-refractivity contribution is 6.31. The van der Waals surface area contributed by atoms with Crippen molar-refractivity contribution in [3.8, 4) is 0 Å². The monoisotopic (exact) mass is 301 g/mol. The number of carbonyl (C=O) groups is 1. The first-order chi connectivity index (χ1) is 9.23. The van der Waals surface area contributed by atoms with Crippen molar-refractivity contribution in [2.45, 2.75) is 46.6 Å². The number of aromatic nitrogens is 2. The van der Waals surface area contributed by atoms with E-state index in [4.69, 9.17) is 16.7 Å². The van der Waals surface area contributed by atoms with Gasteiger partial charge in [0.05, 0.1) is 16.4 Å². The van der Waals surface area contributed by atoms with Crippen LogP contribution in [0.3, 0.4) is 0 Å². The molecule has 5 nitrogen and oxygen atoms in total. The number of halogens is 1. The minimum Gasteiger partial charge on any atom is -0.481 e. The van der Waals surface area contributed by atoms with Gasteiger partial charge < -0.3 is 10.4 Å². The average Bonchev–Trinajstić information content (AvgIpc) is 2.58. The maximum absolute atomic E-state index is 10.6. The van der Waals surface area contributed by atoms with E-state index in [1.54, 1.807) is 4.68 Å². The van der Waals surface area contributed by atoms with Crippen LogP contribution >= 0.6 is 11.6 Å². The van der Waals surface area contributed by atoms with E-state index >= 15 is 0 Å².